The highest BCUT2D eigenvalue weighted by atomic mass is 32.2. The van der Waals surface area contributed by atoms with Crippen molar-refractivity contribution in [2.45, 2.75) is 39.7 Å². The van der Waals surface area contributed by atoms with E-state index >= 15 is 0 Å². The zero-order valence-corrected chi connectivity index (χ0v) is 15.7. The molecule has 0 unspecified atom stereocenters. The van der Waals surface area contributed by atoms with Gasteiger partial charge in [0.05, 0.1) is 19.0 Å². The van der Waals surface area contributed by atoms with Crippen molar-refractivity contribution in [3.63, 3.8) is 0 Å². The minimum absolute atomic E-state index is 0.0719. The van der Waals surface area contributed by atoms with Gasteiger partial charge in [-0.15, -0.1) is 0 Å². The fourth-order valence-corrected chi connectivity index (χ4v) is 6.34. The monoisotopic (exact) mass is 362 g/mol. The molecule has 0 heterocycles. The lowest BCUT2D eigenvalue weighted by molar-refractivity contribution is -0.128. The van der Waals surface area contributed by atoms with Gasteiger partial charge in [0.15, 0.2) is 9.84 Å². The Morgan fingerprint density at radius 3 is 2.56 bits per heavy atom. The number of hydrogen-bond donors (Lipinski definition) is 0. The van der Waals surface area contributed by atoms with Gasteiger partial charge < -0.3 is 4.74 Å². The van der Waals surface area contributed by atoms with Crippen molar-refractivity contribution in [3.8, 4) is 0 Å². The first kappa shape index (κ1) is 18.3. The van der Waals surface area contributed by atoms with Crippen LogP contribution in [-0.2, 0) is 26.0 Å². The Morgan fingerprint density at radius 2 is 1.96 bits per heavy atom. The van der Waals surface area contributed by atoms with Crippen LogP contribution >= 0.6 is 0 Å². The van der Waals surface area contributed by atoms with Gasteiger partial charge in [-0.1, -0.05) is 44.2 Å². The second-order valence-corrected chi connectivity index (χ2v) is 9.73. The highest BCUT2D eigenvalue weighted by Gasteiger charge is 2.65. The van der Waals surface area contributed by atoms with E-state index in [-0.39, 0.29) is 23.6 Å². The summed E-state index contributed by atoms with van der Waals surface area (Å²) in [5.74, 6) is 0.386. The van der Waals surface area contributed by atoms with E-state index in [1.54, 1.807) is 0 Å². The zero-order chi connectivity index (χ0) is 18.1. The summed E-state index contributed by atoms with van der Waals surface area (Å²) < 4.78 is 30.6. The summed E-state index contributed by atoms with van der Waals surface area (Å²) in [5.41, 5.74) is 0.119. The molecule has 2 aliphatic rings. The van der Waals surface area contributed by atoms with Gasteiger partial charge in [0.1, 0.15) is 5.78 Å². The number of sulfone groups is 1. The maximum atomic E-state index is 12.5. The lowest BCUT2D eigenvalue weighted by atomic mass is 9.70. The van der Waals surface area contributed by atoms with E-state index in [0.29, 0.717) is 25.4 Å². The summed E-state index contributed by atoms with van der Waals surface area (Å²) in [6, 6.07) is 9.74. The Morgan fingerprint density at radius 1 is 1.24 bits per heavy atom. The summed E-state index contributed by atoms with van der Waals surface area (Å²) >= 11 is 0. The topological polar surface area (TPSA) is 60.4 Å². The summed E-state index contributed by atoms with van der Waals surface area (Å²) in [6.07, 6.45) is 3.72. The molecule has 0 N–H and O–H groups in total. The summed E-state index contributed by atoms with van der Waals surface area (Å²) in [6.45, 7) is 4.79. The maximum absolute atomic E-state index is 12.5. The van der Waals surface area contributed by atoms with Crippen LogP contribution in [0.5, 0.6) is 0 Å². The predicted octanol–water partition coefficient (Wildman–Crippen LogP) is 3.53. The van der Waals surface area contributed by atoms with Gasteiger partial charge >= 0.3 is 0 Å². The van der Waals surface area contributed by atoms with E-state index in [4.69, 9.17) is 4.74 Å². The molecule has 2 atom stereocenters. The van der Waals surface area contributed by atoms with Crippen LogP contribution in [0.4, 0.5) is 0 Å². The second-order valence-electron chi connectivity index (χ2n) is 7.85. The predicted molar refractivity (Wildman–Crippen MR) is 97.6 cm³/mol. The third kappa shape index (κ3) is 3.44. The van der Waals surface area contributed by atoms with Gasteiger partial charge in [-0.3, -0.25) is 4.79 Å². The molecule has 2 aliphatic carbocycles. The Kier molecular flexibility index (Phi) is 4.91. The van der Waals surface area contributed by atoms with Crippen molar-refractivity contribution >= 4 is 15.6 Å². The van der Waals surface area contributed by atoms with Gasteiger partial charge in [-0.25, -0.2) is 8.42 Å². The fourth-order valence-electron chi connectivity index (χ4n) is 4.50. The van der Waals surface area contributed by atoms with Crippen molar-refractivity contribution in [2.75, 3.05) is 12.4 Å². The lowest BCUT2D eigenvalue weighted by Gasteiger charge is -2.35. The van der Waals surface area contributed by atoms with E-state index in [9.17, 15) is 13.2 Å². The normalized spacial score (nSPS) is 28.1. The molecule has 0 saturated heterocycles. The van der Waals surface area contributed by atoms with Crippen LogP contribution < -0.4 is 0 Å². The summed E-state index contributed by atoms with van der Waals surface area (Å²) in [4.78, 5) is 12.5. The standard InChI is InChI=1S/C20H26O4S/c1-19(2)17-9-10-20(19,18(21)13-17)15-25(22,23)12-6-11-24-14-16-7-4-3-5-8-16/h3-8,12,17H,9-11,13-15H2,1-2H3/b12-6+/t17-,20-/m1/s1. The molecule has 1 aromatic carbocycles. The molecule has 1 aromatic rings. The average Bonchev–Trinajstić information content (AvgIpc) is 2.89. The number of rotatable bonds is 7. The summed E-state index contributed by atoms with van der Waals surface area (Å²) in [7, 11) is -3.44. The Labute approximate surface area is 150 Å². The third-order valence-corrected chi connectivity index (χ3v) is 7.72. The van der Waals surface area contributed by atoms with E-state index < -0.39 is 15.3 Å². The van der Waals surface area contributed by atoms with Crippen molar-refractivity contribution < 1.29 is 17.9 Å². The van der Waals surface area contributed by atoms with E-state index in [2.05, 4.69) is 13.8 Å². The smallest absolute Gasteiger partial charge is 0.172 e. The SMILES string of the molecule is CC1(C)[C@@H]2CC[C@@]1(CS(=O)(=O)/C=C/COCc1ccccc1)C(=O)C2. The van der Waals surface area contributed by atoms with Gasteiger partial charge in [-0.2, -0.15) is 0 Å². The third-order valence-electron chi connectivity index (χ3n) is 6.22. The fraction of sp³-hybridized carbons (Fsp3) is 0.550. The van der Waals surface area contributed by atoms with Crippen molar-refractivity contribution in [2.24, 2.45) is 16.7 Å². The first-order chi connectivity index (χ1) is 11.8. The van der Waals surface area contributed by atoms with Crippen LogP contribution in [0.25, 0.3) is 0 Å². The highest BCUT2D eigenvalue weighted by molar-refractivity contribution is 7.94. The minimum Gasteiger partial charge on any atom is -0.373 e. The number of fused-ring (bicyclic) bond motifs is 2. The molecule has 2 fully saturated rings. The Hall–Kier alpha value is -1.46. The highest BCUT2D eigenvalue weighted by Crippen LogP contribution is 2.64. The second kappa shape index (κ2) is 6.69. The van der Waals surface area contributed by atoms with Crippen molar-refractivity contribution in [1.82, 2.24) is 0 Å². The minimum atomic E-state index is -3.44. The number of ketones is 1. The molecule has 2 bridgehead atoms. The van der Waals surface area contributed by atoms with Crippen LogP contribution in [0.1, 0.15) is 38.7 Å². The number of Topliss-reactive ketones (excluding diaryl/α,β-unsaturated/α-hetero) is 1. The number of carbonyl (C=O) groups is 1. The van der Waals surface area contributed by atoms with E-state index in [1.165, 1.54) is 11.5 Å². The lowest BCUT2D eigenvalue weighted by Crippen LogP contribution is -2.41. The molecule has 0 radical (unpaired) electrons. The van der Waals surface area contributed by atoms with Gasteiger partial charge in [-0.05, 0) is 35.8 Å². The molecule has 5 heteroatoms. The molecule has 2 saturated carbocycles. The zero-order valence-electron chi connectivity index (χ0n) is 14.9. The molecule has 136 valence electrons. The first-order valence-corrected chi connectivity index (χ1v) is 10.5. The molecule has 0 amide bonds. The Bertz CT molecular complexity index is 764. The number of hydrogen-bond acceptors (Lipinski definition) is 4. The molecule has 3 rings (SSSR count). The van der Waals surface area contributed by atoms with Crippen LogP contribution in [0, 0.1) is 16.7 Å². The van der Waals surface area contributed by atoms with Gasteiger partial charge in [0.25, 0.3) is 0 Å². The number of benzene rings is 1. The molecular formula is C20H26O4S. The van der Waals surface area contributed by atoms with Crippen molar-refractivity contribution in [1.29, 1.82) is 0 Å². The average molecular weight is 362 g/mol. The van der Waals surface area contributed by atoms with Crippen LogP contribution in [0.2, 0.25) is 0 Å². The maximum Gasteiger partial charge on any atom is 0.172 e. The first-order valence-electron chi connectivity index (χ1n) is 8.81. The van der Waals surface area contributed by atoms with Crippen LogP contribution in [0.15, 0.2) is 41.8 Å². The quantitative estimate of drug-likeness (QED) is 0.696. The molecule has 0 aliphatic heterocycles. The number of carbonyl (C=O) groups excluding carboxylic acids is 1. The van der Waals surface area contributed by atoms with Crippen molar-refractivity contribution in [3.05, 3.63) is 47.4 Å². The Balaban J connectivity index is 1.58. The molecule has 4 nitrogen and oxygen atoms in total. The van der Waals surface area contributed by atoms with Crippen LogP contribution in [0.3, 0.4) is 0 Å². The van der Waals surface area contributed by atoms with E-state index in [0.717, 1.165) is 12.0 Å². The van der Waals surface area contributed by atoms with Gasteiger partial charge in [0, 0.05) is 17.2 Å². The summed E-state index contributed by atoms with van der Waals surface area (Å²) in [5, 5.41) is 1.22. The molecule has 0 aromatic heterocycles. The van der Waals surface area contributed by atoms with Gasteiger partial charge in [0.2, 0.25) is 0 Å². The van der Waals surface area contributed by atoms with E-state index in [1.807, 2.05) is 30.3 Å². The molecular weight excluding hydrogens is 336 g/mol. The molecule has 25 heavy (non-hydrogen) atoms. The molecule has 0 spiro atoms. The largest absolute Gasteiger partial charge is 0.373 e. The number of ether oxygens (including phenoxy) is 1. The van der Waals surface area contributed by atoms with Crippen LogP contribution in [-0.4, -0.2) is 26.6 Å².